The zero-order valence-electron chi connectivity index (χ0n) is 6.78. The molecule has 0 unspecified atom stereocenters. The molecule has 1 aromatic heterocycles. The molecule has 1 rings (SSSR count). The van der Waals surface area contributed by atoms with Crippen LogP contribution in [0.15, 0.2) is 18.5 Å². The average Bonchev–Trinajstić information content (AvgIpc) is 2.16. The number of nitrogens with two attached hydrogens (primary N) is 1. The van der Waals surface area contributed by atoms with E-state index in [0.29, 0.717) is 12.1 Å². The van der Waals surface area contributed by atoms with Gasteiger partial charge in [-0.3, -0.25) is 4.98 Å². The van der Waals surface area contributed by atoms with Crippen LogP contribution in [0.4, 0.5) is 0 Å². The second-order valence-electron chi connectivity index (χ2n) is 2.23. The number of nitrogens with zero attached hydrogens (tertiary/aromatic N) is 1. The van der Waals surface area contributed by atoms with Crippen molar-refractivity contribution in [1.29, 1.82) is 0 Å². The Morgan fingerprint density at radius 1 is 1.75 bits per heavy atom. The molecular formula is C8H10N2O2. The van der Waals surface area contributed by atoms with Crippen molar-refractivity contribution in [1.82, 2.24) is 4.98 Å². The highest BCUT2D eigenvalue weighted by Gasteiger charge is 2.09. The number of carbonyl (C=O) groups excluding carboxylic acids is 1. The fourth-order valence-electron chi connectivity index (χ4n) is 0.895. The Balaban J connectivity index is 3.04. The first-order valence-corrected chi connectivity index (χ1v) is 3.51. The average molecular weight is 166 g/mol. The van der Waals surface area contributed by atoms with E-state index in [9.17, 15) is 4.79 Å². The van der Waals surface area contributed by atoms with E-state index in [2.05, 4.69) is 9.72 Å². The largest absolute Gasteiger partial charge is 0.465 e. The van der Waals surface area contributed by atoms with Crippen LogP contribution in [0, 0.1) is 0 Å². The van der Waals surface area contributed by atoms with E-state index >= 15 is 0 Å². The molecule has 2 N–H and O–H groups in total. The predicted molar refractivity (Wildman–Crippen MR) is 43.5 cm³/mol. The Hall–Kier alpha value is -1.42. The van der Waals surface area contributed by atoms with Gasteiger partial charge < -0.3 is 10.5 Å². The van der Waals surface area contributed by atoms with Crippen LogP contribution in [0.3, 0.4) is 0 Å². The SMILES string of the molecule is COC(=O)c1cnccc1CN. The quantitative estimate of drug-likeness (QED) is 0.643. The van der Waals surface area contributed by atoms with Crippen LogP contribution in [0.5, 0.6) is 0 Å². The highest BCUT2D eigenvalue weighted by atomic mass is 16.5. The second kappa shape index (κ2) is 3.82. The number of ether oxygens (including phenoxy) is 1. The number of methoxy groups -OCH3 is 1. The van der Waals surface area contributed by atoms with Crippen LogP contribution >= 0.6 is 0 Å². The van der Waals surface area contributed by atoms with E-state index in [0.717, 1.165) is 5.56 Å². The normalized spacial score (nSPS) is 9.50. The van der Waals surface area contributed by atoms with Gasteiger partial charge >= 0.3 is 5.97 Å². The minimum Gasteiger partial charge on any atom is -0.465 e. The maximum atomic E-state index is 11.1. The van der Waals surface area contributed by atoms with E-state index in [1.165, 1.54) is 13.3 Å². The molecule has 0 radical (unpaired) electrons. The first-order valence-electron chi connectivity index (χ1n) is 3.51. The van der Waals surface area contributed by atoms with Crippen molar-refractivity contribution in [2.75, 3.05) is 7.11 Å². The maximum Gasteiger partial charge on any atom is 0.339 e. The van der Waals surface area contributed by atoms with Crippen LogP contribution < -0.4 is 5.73 Å². The monoisotopic (exact) mass is 166 g/mol. The molecule has 0 aliphatic rings. The minimum absolute atomic E-state index is 0.312. The Labute approximate surface area is 70.4 Å². The predicted octanol–water partition coefficient (Wildman–Crippen LogP) is 0.327. The summed E-state index contributed by atoms with van der Waals surface area (Å²) in [6.07, 6.45) is 3.04. The summed E-state index contributed by atoms with van der Waals surface area (Å²) in [5, 5.41) is 0. The van der Waals surface area contributed by atoms with Crippen LogP contribution in [0.25, 0.3) is 0 Å². The summed E-state index contributed by atoms with van der Waals surface area (Å²) in [5.74, 6) is -0.399. The van der Waals surface area contributed by atoms with Crippen LogP contribution in [-0.2, 0) is 11.3 Å². The van der Waals surface area contributed by atoms with E-state index in [-0.39, 0.29) is 0 Å². The van der Waals surface area contributed by atoms with E-state index in [1.807, 2.05) is 0 Å². The zero-order chi connectivity index (χ0) is 8.97. The van der Waals surface area contributed by atoms with Crippen LogP contribution in [0.1, 0.15) is 15.9 Å². The van der Waals surface area contributed by atoms with Gasteiger partial charge in [0.2, 0.25) is 0 Å². The zero-order valence-corrected chi connectivity index (χ0v) is 6.78. The van der Waals surface area contributed by atoms with Crippen molar-refractivity contribution in [3.8, 4) is 0 Å². The van der Waals surface area contributed by atoms with Crippen molar-refractivity contribution < 1.29 is 9.53 Å². The van der Waals surface area contributed by atoms with Crippen molar-refractivity contribution in [2.45, 2.75) is 6.54 Å². The second-order valence-corrected chi connectivity index (χ2v) is 2.23. The summed E-state index contributed by atoms with van der Waals surface area (Å²) < 4.78 is 4.54. The van der Waals surface area contributed by atoms with Gasteiger partial charge in [-0.15, -0.1) is 0 Å². The lowest BCUT2D eigenvalue weighted by Gasteiger charge is -2.03. The number of hydrogen-bond donors (Lipinski definition) is 1. The van der Waals surface area contributed by atoms with E-state index in [4.69, 9.17) is 5.73 Å². The van der Waals surface area contributed by atoms with E-state index < -0.39 is 5.97 Å². The summed E-state index contributed by atoms with van der Waals surface area (Å²) in [5.41, 5.74) is 6.59. The smallest absolute Gasteiger partial charge is 0.339 e. The van der Waals surface area contributed by atoms with Gasteiger partial charge in [0.1, 0.15) is 0 Å². The molecule has 0 saturated heterocycles. The molecule has 1 heterocycles. The highest BCUT2D eigenvalue weighted by molar-refractivity contribution is 5.90. The number of esters is 1. The molecular weight excluding hydrogens is 156 g/mol. The van der Waals surface area contributed by atoms with Gasteiger partial charge in [0.25, 0.3) is 0 Å². The molecule has 0 fully saturated rings. The van der Waals surface area contributed by atoms with Gasteiger partial charge in [-0.25, -0.2) is 4.79 Å². The lowest BCUT2D eigenvalue weighted by molar-refractivity contribution is 0.0599. The lowest BCUT2D eigenvalue weighted by atomic mass is 10.1. The number of pyridine rings is 1. The number of hydrogen-bond acceptors (Lipinski definition) is 4. The fraction of sp³-hybridized carbons (Fsp3) is 0.250. The molecule has 0 amide bonds. The molecule has 0 saturated carbocycles. The third-order valence-electron chi connectivity index (χ3n) is 1.54. The van der Waals surface area contributed by atoms with Gasteiger partial charge in [-0.2, -0.15) is 0 Å². The van der Waals surface area contributed by atoms with Gasteiger partial charge in [-0.05, 0) is 11.6 Å². The number of aromatic nitrogens is 1. The standard InChI is InChI=1S/C8H10N2O2/c1-12-8(11)7-5-10-3-2-6(7)4-9/h2-3,5H,4,9H2,1H3. The molecule has 0 atom stereocenters. The van der Waals surface area contributed by atoms with Crippen molar-refractivity contribution in [3.05, 3.63) is 29.6 Å². The summed E-state index contributed by atoms with van der Waals surface area (Å²) in [6, 6.07) is 1.70. The Morgan fingerprint density at radius 2 is 2.50 bits per heavy atom. The summed E-state index contributed by atoms with van der Waals surface area (Å²) in [6.45, 7) is 0.312. The molecule has 0 aliphatic carbocycles. The lowest BCUT2D eigenvalue weighted by Crippen LogP contribution is -2.09. The molecule has 64 valence electrons. The van der Waals surface area contributed by atoms with Gasteiger partial charge in [0, 0.05) is 18.9 Å². The first kappa shape index (κ1) is 8.67. The third kappa shape index (κ3) is 1.60. The molecule has 12 heavy (non-hydrogen) atoms. The summed E-state index contributed by atoms with van der Waals surface area (Å²) >= 11 is 0. The molecule has 0 bridgehead atoms. The van der Waals surface area contributed by atoms with Crippen LogP contribution in [0.2, 0.25) is 0 Å². The highest BCUT2D eigenvalue weighted by Crippen LogP contribution is 2.06. The van der Waals surface area contributed by atoms with Crippen molar-refractivity contribution >= 4 is 5.97 Å². The van der Waals surface area contributed by atoms with Crippen LogP contribution in [-0.4, -0.2) is 18.1 Å². The Kier molecular flexibility index (Phi) is 2.76. The summed E-state index contributed by atoms with van der Waals surface area (Å²) in [7, 11) is 1.33. The minimum atomic E-state index is -0.399. The molecule has 1 aromatic rings. The van der Waals surface area contributed by atoms with Gasteiger partial charge in [0.05, 0.1) is 12.7 Å². The van der Waals surface area contributed by atoms with Crippen molar-refractivity contribution in [3.63, 3.8) is 0 Å². The van der Waals surface area contributed by atoms with Gasteiger partial charge in [0.15, 0.2) is 0 Å². The van der Waals surface area contributed by atoms with Crippen molar-refractivity contribution in [2.24, 2.45) is 5.73 Å². The topological polar surface area (TPSA) is 65.2 Å². The Bertz CT molecular complexity index is 286. The summed E-state index contributed by atoms with van der Waals surface area (Å²) in [4.78, 5) is 14.9. The number of rotatable bonds is 2. The molecule has 4 heteroatoms. The molecule has 0 spiro atoms. The Morgan fingerprint density at radius 3 is 3.08 bits per heavy atom. The maximum absolute atomic E-state index is 11.1. The third-order valence-corrected chi connectivity index (χ3v) is 1.54. The number of carbonyl (C=O) groups is 1. The first-order chi connectivity index (χ1) is 5.79. The molecule has 0 aromatic carbocycles. The van der Waals surface area contributed by atoms with E-state index in [1.54, 1.807) is 12.3 Å². The molecule has 4 nitrogen and oxygen atoms in total. The molecule has 0 aliphatic heterocycles. The van der Waals surface area contributed by atoms with Gasteiger partial charge in [-0.1, -0.05) is 0 Å². The fourth-order valence-corrected chi connectivity index (χ4v) is 0.895.